The molecule has 0 fully saturated rings. The van der Waals surface area contributed by atoms with E-state index in [0.29, 0.717) is 0 Å². The molecule has 0 N–H and O–H groups in total. The molecule has 0 bridgehead atoms. The van der Waals surface area contributed by atoms with Crippen LogP contribution < -0.4 is 7.16 Å². The predicted octanol–water partition coefficient (Wildman–Crippen LogP) is 3.19. The zero-order chi connectivity index (χ0) is 14.2. The molecule has 0 heterocycles. The topological polar surface area (TPSA) is 0 Å². The van der Waals surface area contributed by atoms with Gasteiger partial charge in [-0.15, -0.1) is 0 Å². The normalized spacial score (nSPS) is 10.8. The van der Waals surface area contributed by atoms with E-state index in [2.05, 4.69) is 65.8 Å². The van der Waals surface area contributed by atoms with Gasteiger partial charge in [0.05, 0.1) is 0 Å². The summed E-state index contributed by atoms with van der Waals surface area (Å²) >= 11 is -0.703. The summed E-state index contributed by atoms with van der Waals surface area (Å²) in [4.78, 5) is 0. The molecule has 2 radical (unpaired) electrons. The van der Waals surface area contributed by atoms with Crippen LogP contribution in [0.1, 0.15) is 33.4 Å². The van der Waals surface area contributed by atoms with Crippen molar-refractivity contribution in [2.24, 2.45) is 0 Å². The molecule has 0 nitrogen and oxygen atoms in total. The SMILES string of the molecule is Cc1cc(C)[c]([Sn][c]2c(C)cc(C)cc2C)c(C)c1. The fraction of sp³-hybridized carbons (Fsp3) is 0.333. The number of rotatable bonds is 2. The van der Waals surface area contributed by atoms with Crippen LogP contribution in [0.3, 0.4) is 0 Å². The van der Waals surface area contributed by atoms with E-state index in [1.165, 1.54) is 33.4 Å². The quantitative estimate of drug-likeness (QED) is 0.725. The first-order valence-electron chi connectivity index (χ1n) is 6.81. The molecule has 0 amide bonds. The van der Waals surface area contributed by atoms with E-state index in [1.54, 1.807) is 7.16 Å². The molecule has 0 aliphatic carbocycles. The summed E-state index contributed by atoms with van der Waals surface area (Å²) in [5, 5.41) is 0. The van der Waals surface area contributed by atoms with Gasteiger partial charge in [-0.3, -0.25) is 0 Å². The molecule has 98 valence electrons. The van der Waals surface area contributed by atoms with E-state index in [-0.39, 0.29) is 0 Å². The van der Waals surface area contributed by atoms with Crippen molar-refractivity contribution in [1.82, 2.24) is 0 Å². The third kappa shape index (κ3) is 3.22. The Hall–Kier alpha value is -0.761. The van der Waals surface area contributed by atoms with Crippen molar-refractivity contribution < 1.29 is 0 Å². The predicted molar refractivity (Wildman–Crippen MR) is 86.3 cm³/mol. The van der Waals surface area contributed by atoms with E-state index in [4.69, 9.17) is 0 Å². The Balaban J connectivity index is 2.48. The Morgan fingerprint density at radius 2 is 0.789 bits per heavy atom. The molecule has 19 heavy (non-hydrogen) atoms. The van der Waals surface area contributed by atoms with Crippen LogP contribution >= 0.6 is 0 Å². The van der Waals surface area contributed by atoms with E-state index >= 15 is 0 Å². The van der Waals surface area contributed by atoms with Gasteiger partial charge in [-0.1, -0.05) is 0 Å². The Labute approximate surface area is 127 Å². The van der Waals surface area contributed by atoms with Gasteiger partial charge >= 0.3 is 127 Å². The first kappa shape index (κ1) is 14.6. The molecule has 0 atom stereocenters. The second-order valence-electron chi connectivity index (χ2n) is 5.67. The van der Waals surface area contributed by atoms with Crippen molar-refractivity contribution in [2.75, 3.05) is 0 Å². The monoisotopic (exact) mass is 358 g/mol. The Morgan fingerprint density at radius 3 is 1.05 bits per heavy atom. The van der Waals surface area contributed by atoms with Crippen molar-refractivity contribution in [1.29, 1.82) is 0 Å². The van der Waals surface area contributed by atoms with Crippen LogP contribution in [0.5, 0.6) is 0 Å². The third-order valence-electron chi connectivity index (χ3n) is 3.60. The van der Waals surface area contributed by atoms with Crippen molar-refractivity contribution in [3.05, 3.63) is 57.6 Å². The minimum absolute atomic E-state index is 0.703. The Kier molecular flexibility index (Phi) is 4.39. The average Bonchev–Trinajstić information content (AvgIpc) is 2.25. The Bertz CT molecular complexity index is 522. The van der Waals surface area contributed by atoms with Crippen LogP contribution in [-0.4, -0.2) is 21.1 Å². The summed E-state index contributed by atoms with van der Waals surface area (Å²) in [7, 11) is 0. The van der Waals surface area contributed by atoms with Crippen molar-refractivity contribution in [3.63, 3.8) is 0 Å². The van der Waals surface area contributed by atoms with Gasteiger partial charge < -0.3 is 0 Å². The molecule has 2 rings (SSSR count). The van der Waals surface area contributed by atoms with E-state index < -0.39 is 21.1 Å². The molecule has 0 aromatic heterocycles. The molecular formula is C18H22Sn. The van der Waals surface area contributed by atoms with Gasteiger partial charge in [-0.2, -0.15) is 0 Å². The molecular weight excluding hydrogens is 335 g/mol. The zero-order valence-corrected chi connectivity index (χ0v) is 15.7. The van der Waals surface area contributed by atoms with Crippen molar-refractivity contribution in [2.45, 2.75) is 41.5 Å². The second-order valence-corrected chi connectivity index (χ2v) is 9.24. The molecule has 0 saturated heterocycles. The molecule has 2 aromatic rings. The summed E-state index contributed by atoms with van der Waals surface area (Å²) in [6.07, 6.45) is 0. The van der Waals surface area contributed by atoms with E-state index in [1.807, 2.05) is 0 Å². The second kappa shape index (κ2) is 5.70. The molecule has 1 heteroatoms. The molecule has 0 unspecified atom stereocenters. The number of hydrogen-bond acceptors (Lipinski definition) is 0. The van der Waals surface area contributed by atoms with Gasteiger partial charge in [0.15, 0.2) is 0 Å². The summed E-state index contributed by atoms with van der Waals surface area (Å²) in [6, 6.07) is 9.34. The summed E-state index contributed by atoms with van der Waals surface area (Å²) in [5.41, 5.74) is 8.73. The zero-order valence-electron chi connectivity index (χ0n) is 12.8. The number of hydrogen-bond donors (Lipinski definition) is 0. The first-order chi connectivity index (χ1) is 8.88. The maximum absolute atomic E-state index is 2.34. The molecule has 0 saturated carbocycles. The molecule has 2 aromatic carbocycles. The minimum atomic E-state index is -0.703. The summed E-state index contributed by atoms with van der Waals surface area (Å²) in [5.74, 6) is 0. The van der Waals surface area contributed by atoms with Gasteiger partial charge in [0.1, 0.15) is 0 Å². The fourth-order valence-electron chi connectivity index (χ4n) is 2.88. The van der Waals surface area contributed by atoms with Gasteiger partial charge in [0, 0.05) is 0 Å². The fourth-order valence-corrected chi connectivity index (χ4v) is 6.67. The van der Waals surface area contributed by atoms with Gasteiger partial charge in [0.25, 0.3) is 0 Å². The summed E-state index contributed by atoms with van der Waals surface area (Å²) in [6.45, 7) is 13.5. The Morgan fingerprint density at radius 1 is 0.526 bits per heavy atom. The third-order valence-corrected chi connectivity index (χ3v) is 9.53. The van der Waals surface area contributed by atoms with E-state index in [0.717, 1.165) is 0 Å². The van der Waals surface area contributed by atoms with Crippen LogP contribution in [-0.2, 0) is 0 Å². The summed E-state index contributed by atoms with van der Waals surface area (Å²) < 4.78 is 3.31. The molecule has 0 spiro atoms. The van der Waals surface area contributed by atoms with Gasteiger partial charge in [-0.25, -0.2) is 0 Å². The van der Waals surface area contributed by atoms with Crippen molar-refractivity contribution in [3.8, 4) is 0 Å². The van der Waals surface area contributed by atoms with Gasteiger partial charge in [0.2, 0.25) is 0 Å². The van der Waals surface area contributed by atoms with Crippen LogP contribution in [0, 0.1) is 41.5 Å². The molecule has 0 aliphatic heterocycles. The van der Waals surface area contributed by atoms with Crippen LogP contribution in [0.25, 0.3) is 0 Å². The average molecular weight is 357 g/mol. The molecule has 0 aliphatic rings. The van der Waals surface area contributed by atoms with Crippen LogP contribution in [0.2, 0.25) is 0 Å². The van der Waals surface area contributed by atoms with Crippen LogP contribution in [0.15, 0.2) is 24.3 Å². The first-order valence-corrected chi connectivity index (χ1v) is 9.66. The number of benzene rings is 2. The van der Waals surface area contributed by atoms with Crippen molar-refractivity contribution >= 4 is 28.3 Å². The standard InChI is InChI=1S/2C9H11.Sn/c2*1-7-4-8(2)6-9(3)5-7;/h2*4-5H,1-3H3;. The van der Waals surface area contributed by atoms with E-state index in [9.17, 15) is 0 Å². The van der Waals surface area contributed by atoms with Crippen LogP contribution in [0.4, 0.5) is 0 Å². The van der Waals surface area contributed by atoms with Gasteiger partial charge in [-0.05, 0) is 0 Å². The maximum atomic E-state index is 2.34. The number of aryl methyl sites for hydroxylation is 6.